The molecule has 3 rings (SSSR count). The normalized spacial score (nSPS) is 15.5. The summed E-state index contributed by atoms with van der Waals surface area (Å²) in [6.45, 7) is 4.12. The highest BCUT2D eigenvalue weighted by molar-refractivity contribution is 6.30. The molecule has 0 bridgehead atoms. The van der Waals surface area contributed by atoms with Gasteiger partial charge in [0.05, 0.1) is 11.0 Å². The van der Waals surface area contributed by atoms with Crippen molar-refractivity contribution in [2.75, 3.05) is 19.6 Å². The number of amides is 1. The fourth-order valence-electron chi connectivity index (χ4n) is 3.65. The van der Waals surface area contributed by atoms with Crippen LogP contribution in [0.25, 0.3) is 0 Å². The third kappa shape index (κ3) is 4.51. The average molecular weight is 406 g/mol. The Balaban J connectivity index is 1.78. The van der Waals surface area contributed by atoms with Gasteiger partial charge in [-0.2, -0.15) is 5.10 Å². The van der Waals surface area contributed by atoms with Crippen molar-refractivity contribution in [3.63, 3.8) is 0 Å². The lowest BCUT2D eigenvalue weighted by molar-refractivity contribution is -0.385. The van der Waals surface area contributed by atoms with E-state index in [1.54, 1.807) is 0 Å². The Kier molecular flexibility index (Phi) is 6.64. The van der Waals surface area contributed by atoms with Gasteiger partial charge in [0.25, 0.3) is 5.91 Å². The molecule has 150 valence electrons. The maximum absolute atomic E-state index is 12.7. The molecule has 8 nitrogen and oxygen atoms in total. The zero-order chi connectivity index (χ0) is 20.1. The number of hydrogen-bond donors (Lipinski definition) is 2. The number of rotatable bonds is 8. The Hall–Kier alpha value is -2.45. The van der Waals surface area contributed by atoms with Crippen LogP contribution in [0.15, 0.2) is 24.3 Å². The number of H-pyrrole nitrogens is 1. The van der Waals surface area contributed by atoms with Crippen molar-refractivity contribution in [2.24, 2.45) is 0 Å². The molecule has 1 saturated heterocycles. The van der Waals surface area contributed by atoms with Gasteiger partial charge in [0.1, 0.15) is 5.69 Å². The van der Waals surface area contributed by atoms with E-state index in [0.29, 0.717) is 23.7 Å². The lowest BCUT2D eigenvalue weighted by atomic mass is 10.1. The number of nitrogens with one attached hydrogen (secondary N) is 2. The summed E-state index contributed by atoms with van der Waals surface area (Å²) >= 11 is 6.15. The number of halogens is 1. The number of carbonyl (C=O) groups excluding carboxylic acids is 1. The van der Waals surface area contributed by atoms with Gasteiger partial charge in [-0.3, -0.25) is 24.9 Å². The highest BCUT2D eigenvalue weighted by atomic mass is 35.5. The van der Waals surface area contributed by atoms with Gasteiger partial charge in [-0.25, -0.2) is 0 Å². The number of nitrogens with zero attached hydrogens (tertiary/aromatic N) is 3. The van der Waals surface area contributed by atoms with Gasteiger partial charge in [0.15, 0.2) is 0 Å². The molecule has 2 aromatic rings. The second kappa shape index (κ2) is 9.16. The molecule has 1 aliphatic rings. The fourth-order valence-corrected chi connectivity index (χ4v) is 3.85. The monoisotopic (exact) mass is 405 g/mol. The summed E-state index contributed by atoms with van der Waals surface area (Å²) in [4.78, 5) is 25.9. The summed E-state index contributed by atoms with van der Waals surface area (Å²) in [7, 11) is 0. The van der Waals surface area contributed by atoms with Gasteiger partial charge in [-0.1, -0.05) is 37.1 Å². The maximum atomic E-state index is 12.7. The molecular weight excluding hydrogens is 382 g/mol. The van der Waals surface area contributed by atoms with Crippen LogP contribution < -0.4 is 5.32 Å². The van der Waals surface area contributed by atoms with Crippen molar-refractivity contribution in [1.29, 1.82) is 0 Å². The fraction of sp³-hybridized carbons (Fsp3) is 0.474. The molecular formula is C19H24ClN5O3. The topological polar surface area (TPSA) is 104 Å². The molecule has 0 aliphatic carbocycles. The number of carbonyl (C=O) groups is 1. The van der Waals surface area contributed by atoms with Crippen LogP contribution in [0.1, 0.15) is 54.0 Å². The van der Waals surface area contributed by atoms with Crippen LogP contribution in [0, 0.1) is 10.1 Å². The van der Waals surface area contributed by atoms with Crippen molar-refractivity contribution in [3.05, 3.63) is 56.4 Å². The molecule has 9 heteroatoms. The van der Waals surface area contributed by atoms with Crippen LogP contribution in [0.2, 0.25) is 5.02 Å². The molecule has 1 aromatic heterocycles. The lowest BCUT2D eigenvalue weighted by Crippen LogP contribution is -2.37. The van der Waals surface area contributed by atoms with Gasteiger partial charge in [-0.05, 0) is 50.0 Å². The molecule has 28 heavy (non-hydrogen) atoms. The molecule has 1 atom stereocenters. The number of aromatic nitrogens is 2. The zero-order valence-corrected chi connectivity index (χ0v) is 16.5. The summed E-state index contributed by atoms with van der Waals surface area (Å²) in [6.07, 6.45) is 3.40. The molecule has 2 heterocycles. The van der Waals surface area contributed by atoms with Gasteiger partial charge < -0.3 is 5.32 Å². The van der Waals surface area contributed by atoms with Crippen LogP contribution in [0.3, 0.4) is 0 Å². The standard InChI is InChI=1S/C19H24ClN5O3/c1-2-6-15-18(25(27)28)17(23-22-15)19(26)21-12-16(24-9-3-4-10-24)13-7-5-8-14(20)11-13/h5,7-8,11,16H,2-4,6,9-10,12H2,1H3,(H,21,26)(H,22,23). The van der Waals surface area contributed by atoms with E-state index in [1.807, 2.05) is 31.2 Å². The number of hydrogen-bond acceptors (Lipinski definition) is 5. The van der Waals surface area contributed by atoms with Crippen molar-refractivity contribution >= 4 is 23.2 Å². The van der Waals surface area contributed by atoms with Crippen molar-refractivity contribution in [1.82, 2.24) is 20.4 Å². The van der Waals surface area contributed by atoms with E-state index in [9.17, 15) is 14.9 Å². The Bertz CT molecular complexity index is 848. The lowest BCUT2D eigenvalue weighted by Gasteiger charge is -2.28. The first kappa shape index (κ1) is 20.3. The summed E-state index contributed by atoms with van der Waals surface area (Å²) < 4.78 is 0. The van der Waals surface area contributed by atoms with E-state index in [2.05, 4.69) is 20.4 Å². The van der Waals surface area contributed by atoms with Gasteiger partial charge >= 0.3 is 5.69 Å². The van der Waals surface area contributed by atoms with E-state index >= 15 is 0 Å². The number of aromatic amines is 1. The molecule has 2 N–H and O–H groups in total. The second-order valence-corrected chi connectivity index (χ2v) is 7.37. The smallest absolute Gasteiger partial charge is 0.322 e. The third-order valence-corrected chi connectivity index (χ3v) is 5.22. The van der Waals surface area contributed by atoms with Crippen molar-refractivity contribution in [3.8, 4) is 0 Å². The average Bonchev–Trinajstić information content (AvgIpc) is 3.32. The van der Waals surface area contributed by atoms with Crippen molar-refractivity contribution < 1.29 is 9.72 Å². The van der Waals surface area contributed by atoms with E-state index in [-0.39, 0.29) is 17.4 Å². The van der Waals surface area contributed by atoms with Crippen LogP contribution in [0.4, 0.5) is 5.69 Å². The third-order valence-electron chi connectivity index (χ3n) is 4.98. The number of benzene rings is 1. The first-order valence-electron chi connectivity index (χ1n) is 9.50. The van der Waals surface area contributed by atoms with Gasteiger partial charge in [0, 0.05) is 11.6 Å². The molecule has 1 unspecified atom stereocenters. The minimum Gasteiger partial charge on any atom is -0.348 e. The Labute approximate surface area is 168 Å². The predicted molar refractivity (Wildman–Crippen MR) is 107 cm³/mol. The first-order valence-corrected chi connectivity index (χ1v) is 9.88. The first-order chi connectivity index (χ1) is 13.5. The van der Waals surface area contributed by atoms with Crippen molar-refractivity contribution in [2.45, 2.75) is 38.6 Å². The molecule has 1 aliphatic heterocycles. The second-order valence-electron chi connectivity index (χ2n) is 6.93. The summed E-state index contributed by atoms with van der Waals surface area (Å²) in [5, 5.41) is 21.4. The van der Waals surface area contributed by atoms with Crippen LogP contribution in [-0.2, 0) is 6.42 Å². The minimum atomic E-state index is -0.545. The SMILES string of the molecule is CCCc1[nH]nc(C(=O)NCC(c2cccc(Cl)c2)N2CCCC2)c1[N+](=O)[O-]. The van der Waals surface area contributed by atoms with E-state index < -0.39 is 10.8 Å². The summed E-state index contributed by atoms with van der Waals surface area (Å²) in [5.41, 5.74) is 0.987. The zero-order valence-electron chi connectivity index (χ0n) is 15.8. The van der Waals surface area contributed by atoms with Gasteiger partial charge in [0.2, 0.25) is 5.69 Å². The molecule has 1 amide bonds. The van der Waals surface area contributed by atoms with Crippen LogP contribution in [-0.4, -0.2) is 45.6 Å². The van der Waals surface area contributed by atoms with Crippen LogP contribution in [0.5, 0.6) is 0 Å². The predicted octanol–water partition coefficient (Wildman–Crippen LogP) is 3.49. The van der Waals surface area contributed by atoms with E-state index in [0.717, 1.165) is 37.9 Å². The molecule has 0 saturated carbocycles. The Morgan fingerprint density at radius 3 is 2.82 bits per heavy atom. The highest BCUT2D eigenvalue weighted by Gasteiger charge is 2.30. The molecule has 0 spiro atoms. The molecule has 0 radical (unpaired) electrons. The molecule has 1 aromatic carbocycles. The largest absolute Gasteiger partial charge is 0.348 e. The number of likely N-dealkylation sites (tertiary alicyclic amines) is 1. The molecule has 1 fully saturated rings. The summed E-state index contributed by atoms with van der Waals surface area (Å²) in [6, 6.07) is 7.54. The minimum absolute atomic E-state index is 0.0433. The number of aryl methyl sites for hydroxylation is 1. The van der Waals surface area contributed by atoms with E-state index in [4.69, 9.17) is 11.6 Å². The summed E-state index contributed by atoms with van der Waals surface area (Å²) in [5.74, 6) is -0.545. The van der Waals surface area contributed by atoms with Crippen LogP contribution >= 0.6 is 11.6 Å². The maximum Gasteiger partial charge on any atom is 0.322 e. The van der Waals surface area contributed by atoms with E-state index in [1.165, 1.54) is 0 Å². The quantitative estimate of drug-likeness (QED) is 0.516. The number of nitro groups is 1. The Morgan fingerprint density at radius 2 is 2.18 bits per heavy atom. The van der Waals surface area contributed by atoms with Gasteiger partial charge in [-0.15, -0.1) is 0 Å². The Morgan fingerprint density at radius 1 is 1.43 bits per heavy atom. The highest BCUT2D eigenvalue weighted by Crippen LogP contribution is 2.27.